The van der Waals surface area contributed by atoms with Crippen molar-refractivity contribution in [3.63, 3.8) is 0 Å². The van der Waals surface area contributed by atoms with Crippen LogP contribution in [0.25, 0.3) is 0 Å². The molecule has 1 fully saturated rings. The van der Waals surface area contributed by atoms with E-state index in [2.05, 4.69) is 36.3 Å². The number of furan rings is 1. The summed E-state index contributed by atoms with van der Waals surface area (Å²) in [6.07, 6.45) is 3.97. The predicted molar refractivity (Wildman–Crippen MR) is 117 cm³/mol. The van der Waals surface area contributed by atoms with Gasteiger partial charge in [0.1, 0.15) is 5.76 Å². The van der Waals surface area contributed by atoms with E-state index in [4.69, 9.17) is 4.42 Å². The van der Waals surface area contributed by atoms with Crippen molar-refractivity contribution in [2.45, 2.75) is 36.7 Å². The first-order valence-electron chi connectivity index (χ1n) is 9.54. The lowest BCUT2D eigenvalue weighted by atomic mass is 10.3. The second-order valence-electron chi connectivity index (χ2n) is 6.90. The van der Waals surface area contributed by atoms with E-state index < -0.39 is 0 Å². The second-order valence-corrected chi connectivity index (χ2v) is 9.13. The van der Waals surface area contributed by atoms with Gasteiger partial charge in [0.2, 0.25) is 11.9 Å². The number of carbonyl (C=O) groups excluding carboxylic acids is 1. The van der Waals surface area contributed by atoms with Crippen molar-refractivity contribution in [3.8, 4) is 0 Å². The third-order valence-electron chi connectivity index (χ3n) is 4.72. The van der Waals surface area contributed by atoms with Gasteiger partial charge >= 0.3 is 0 Å². The van der Waals surface area contributed by atoms with Crippen LogP contribution in [0.5, 0.6) is 0 Å². The van der Waals surface area contributed by atoms with Crippen LogP contribution in [-0.4, -0.2) is 39.0 Å². The van der Waals surface area contributed by atoms with Gasteiger partial charge in [0.25, 0.3) is 0 Å². The monoisotopic (exact) mass is 475 g/mol. The zero-order valence-electron chi connectivity index (χ0n) is 16.0. The average Bonchev–Trinajstić information content (AvgIpc) is 3.45. The first-order chi connectivity index (χ1) is 14.1. The Labute approximate surface area is 182 Å². The zero-order valence-corrected chi connectivity index (χ0v) is 18.4. The Bertz CT molecular complexity index is 969. The number of carbonyl (C=O) groups is 1. The van der Waals surface area contributed by atoms with E-state index in [1.807, 2.05) is 47.9 Å². The Hall–Kier alpha value is -2.26. The molecule has 0 aliphatic carbocycles. The minimum atomic E-state index is -0.333. The van der Waals surface area contributed by atoms with Crippen LogP contribution >= 0.6 is 27.7 Å². The third kappa shape index (κ3) is 4.84. The third-order valence-corrected chi connectivity index (χ3v) is 6.30. The van der Waals surface area contributed by atoms with Gasteiger partial charge in [0.05, 0.1) is 18.1 Å². The maximum atomic E-state index is 12.7. The molecule has 29 heavy (non-hydrogen) atoms. The number of amides is 1. The van der Waals surface area contributed by atoms with E-state index >= 15 is 0 Å². The largest absolute Gasteiger partial charge is 0.467 e. The first-order valence-corrected chi connectivity index (χ1v) is 11.2. The number of hydrogen-bond acceptors (Lipinski definition) is 6. The normalized spacial score (nSPS) is 14.9. The number of nitrogens with zero attached hydrogens (tertiary/aromatic N) is 4. The number of nitrogens with one attached hydrogen (secondary N) is 1. The fourth-order valence-electron chi connectivity index (χ4n) is 3.24. The predicted octanol–water partition coefficient (Wildman–Crippen LogP) is 4.40. The van der Waals surface area contributed by atoms with Crippen LogP contribution in [-0.2, 0) is 11.3 Å². The number of aromatic nitrogens is 3. The molecule has 2 aromatic heterocycles. The molecule has 1 N–H and O–H groups in total. The summed E-state index contributed by atoms with van der Waals surface area (Å²) in [4.78, 5) is 14.9. The molecule has 1 aliphatic rings. The van der Waals surface area contributed by atoms with Gasteiger partial charge in [-0.05, 0) is 50.1 Å². The van der Waals surface area contributed by atoms with Gasteiger partial charge in [0.15, 0.2) is 5.16 Å². The number of hydrogen-bond donors (Lipinski definition) is 1. The van der Waals surface area contributed by atoms with Crippen LogP contribution in [0.4, 0.5) is 11.6 Å². The highest BCUT2D eigenvalue weighted by Gasteiger charge is 2.25. The number of halogens is 1. The molecule has 1 aromatic carbocycles. The molecule has 0 saturated carbocycles. The van der Waals surface area contributed by atoms with Crippen molar-refractivity contribution in [1.29, 1.82) is 0 Å². The van der Waals surface area contributed by atoms with E-state index in [0.717, 1.165) is 47.8 Å². The van der Waals surface area contributed by atoms with Crippen molar-refractivity contribution in [2.24, 2.45) is 0 Å². The minimum Gasteiger partial charge on any atom is -0.467 e. The summed E-state index contributed by atoms with van der Waals surface area (Å²) >= 11 is 4.82. The molecule has 3 heterocycles. The number of anilines is 2. The molecule has 4 rings (SSSR count). The van der Waals surface area contributed by atoms with Crippen LogP contribution in [0.1, 0.15) is 25.5 Å². The number of benzene rings is 1. The van der Waals surface area contributed by atoms with Crippen molar-refractivity contribution >= 4 is 45.2 Å². The molecule has 1 atom stereocenters. The van der Waals surface area contributed by atoms with Crippen molar-refractivity contribution in [3.05, 3.63) is 52.9 Å². The van der Waals surface area contributed by atoms with E-state index in [-0.39, 0.29) is 11.2 Å². The molecule has 1 unspecified atom stereocenters. The van der Waals surface area contributed by atoms with Gasteiger partial charge in [-0.3, -0.25) is 9.36 Å². The maximum absolute atomic E-state index is 12.7. The lowest BCUT2D eigenvalue weighted by molar-refractivity contribution is -0.115. The second kappa shape index (κ2) is 9.04. The molecule has 1 aliphatic heterocycles. The highest BCUT2D eigenvalue weighted by Crippen LogP contribution is 2.29. The van der Waals surface area contributed by atoms with E-state index in [1.54, 1.807) is 6.26 Å². The van der Waals surface area contributed by atoms with E-state index in [1.165, 1.54) is 11.8 Å². The Kier molecular flexibility index (Phi) is 6.25. The van der Waals surface area contributed by atoms with Crippen LogP contribution in [0.2, 0.25) is 0 Å². The summed E-state index contributed by atoms with van der Waals surface area (Å²) in [7, 11) is 0. The standard InChI is InChI=1S/C20H22BrN5O2S/c1-14(18(27)22-16-7-4-6-15(21)12-16)29-20-24-23-19(25-9-2-3-10-25)26(20)13-17-8-5-11-28-17/h4-8,11-12,14H,2-3,9-10,13H2,1H3,(H,22,27). The van der Waals surface area contributed by atoms with Crippen molar-refractivity contribution < 1.29 is 9.21 Å². The maximum Gasteiger partial charge on any atom is 0.237 e. The molecule has 3 aromatic rings. The van der Waals surface area contributed by atoms with Crippen LogP contribution in [0.3, 0.4) is 0 Å². The Morgan fingerprint density at radius 3 is 2.83 bits per heavy atom. The molecule has 152 valence electrons. The Morgan fingerprint density at radius 2 is 2.10 bits per heavy atom. The first kappa shape index (κ1) is 20.0. The van der Waals surface area contributed by atoms with Crippen LogP contribution in [0, 0.1) is 0 Å². The minimum absolute atomic E-state index is 0.0802. The van der Waals surface area contributed by atoms with Crippen molar-refractivity contribution in [1.82, 2.24) is 14.8 Å². The zero-order chi connectivity index (χ0) is 20.2. The summed E-state index contributed by atoms with van der Waals surface area (Å²) in [5.74, 6) is 1.59. The van der Waals surface area contributed by atoms with E-state index in [0.29, 0.717) is 11.7 Å². The highest BCUT2D eigenvalue weighted by atomic mass is 79.9. The molecule has 0 radical (unpaired) electrons. The molecule has 1 amide bonds. The lowest BCUT2D eigenvalue weighted by Crippen LogP contribution is -2.24. The topological polar surface area (TPSA) is 76.2 Å². The highest BCUT2D eigenvalue weighted by molar-refractivity contribution is 9.10. The molecule has 0 spiro atoms. The SMILES string of the molecule is CC(Sc1nnc(N2CCCC2)n1Cc1ccco1)C(=O)Nc1cccc(Br)c1. The summed E-state index contributed by atoms with van der Waals surface area (Å²) in [5.41, 5.74) is 0.756. The van der Waals surface area contributed by atoms with Gasteiger partial charge in [-0.15, -0.1) is 10.2 Å². The smallest absolute Gasteiger partial charge is 0.237 e. The molecular weight excluding hydrogens is 454 g/mol. The van der Waals surface area contributed by atoms with Gasteiger partial charge in [-0.25, -0.2) is 0 Å². The number of rotatable bonds is 7. The Morgan fingerprint density at radius 1 is 1.28 bits per heavy atom. The molecule has 1 saturated heterocycles. The van der Waals surface area contributed by atoms with Crippen molar-refractivity contribution in [2.75, 3.05) is 23.3 Å². The molecular formula is C20H22BrN5O2S. The van der Waals surface area contributed by atoms with Crippen LogP contribution in [0.15, 0.2) is 56.7 Å². The van der Waals surface area contributed by atoms with Gasteiger partial charge in [-0.2, -0.15) is 0 Å². The van der Waals surface area contributed by atoms with Gasteiger partial charge in [-0.1, -0.05) is 33.8 Å². The number of thioether (sulfide) groups is 1. The fraction of sp³-hybridized carbons (Fsp3) is 0.350. The lowest BCUT2D eigenvalue weighted by Gasteiger charge is -2.18. The van der Waals surface area contributed by atoms with Gasteiger partial charge < -0.3 is 14.6 Å². The van der Waals surface area contributed by atoms with Crippen LogP contribution < -0.4 is 10.2 Å². The summed E-state index contributed by atoms with van der Waals surface area (Å²) < 4.78 is 8.49. The summed E-state index contributed by atoms with van der Waals surface area (Å²) in [6.45, 7) is 4.35. The molecule has 9 heteroatoms. The molecule has 0 bridgehead atoms. The quantitative estimate of drug-likeness (QED) is 0.510. The van der Waals surface area contributed by atoms with E-state index in [9.17, 15) is 4.79 Å². The van der Waals surface area contributed by atoms with Gasteiger partial charge in [0, 0.05) is 23.2 Å². The summed E-state index contributed by atoms with van der Waals surface area (Å²) in [6, 6.07) is 11.4. The molecule has 7 nitrogen and oxygen atoms in total. The fourth-order valence-corrected chi connectivity index (χ4v) is 4.48. The summed E-state index contributed by atoms with van der Waals surface area (Å²) in [5, 5.41) is 12.1. The average molecular weight is 476 g/mol. The Balaban J connectivity index is 1.51.